The van der Waals surface area contributed by atoms with Gasteiger partial charge in [-0.05, 0) is 31.0 Å². The molecule has 1 saturated carbocycles. The van der Waals surface area contributed by atoms with Gasteiger partial charge in [-0.2, -0.15) is 15.1 Å². The van der Waals surface area contributed by atoms with E-state index >= 15 is 0 Å². The van der Waals surface area contributed by atoms with E-state index < -0.39 is 47.1 Å². The summed E-state index contributed by atoms with van der Waals surface area (Å²) in [6.45, 7) is -0.499. The summed E-state index contributed by atoms with van der Waals surface area (Å²) in [5.74, 6) is -0.520. The Morgan fingerprint density at radius 1 is 1.17 bits per heavy atom. The number of ether oxygens (including phenoxy) is 1. The minimum absolute atomic E-state index is 0.0215. The van der Waals surface area contributed by atoms with E-state index in [4.69, 9.17) is 16.3 Å². The Bertz CT molecular complexity index is 1740. The van der Waals surface area contributed by atoms with Crippen LogP contribution in [0.1, 0.15) is 42.3 Å². The van der Waals surface area contributed by atoms with Crippen molar-refractivity contribution in [1.29, 1.82) is 0 Å². The number of fused-ring (bicyclic) bond motifs is 1. The number of imidazole rings is 1. The molecule has 5 N–H and O–H groups in total. The number of rotatable bonds is 8. The van der Waals surface area contributed by atoms with E-state index in [1.54, 1.807) is 0 Å². The van der Waals surface area contributed by atoms with Crippen molar-refractivity contribution in [2.75, 3.05) is 11.9 Å². The lowest BCUT2D eigenvalue weighted by atomic mass is 10.1. The van der Waals surface area contributed by atoms with Gasteiger partial charge >= 0.3 is 0 Å². The predicted molar refractivity (Wildman–Crippen MR) is 147 cm³/mol. The van der Waals surface area contributed by atoms with Crippen LogP contribution >= 0.6 is 11.6 Å². The van der Waals surface area contributed by atoms with E-state index in [9.17, 15) is 28.5 Å². The molecule has 0 radical (unpaired) electrons. The molecule has 1 saturated heterocycles. The Balaban J connectivity index is 1.34. The van der Waals surface area contributed by atoms with E-state index in [0.717, 1.165) is 25.7 Å². The molecule has 0 unspecified atom stereocenters. The lowest BCUT2D eigenvalue weighted by Gasteiger charge is -2.18. The molecule has 1 amide bonds. The molecule has 6 rings (SSSR count). The number of sulfonamides is 1. The first-order valence-corrected chi connectivity index (χ1v) is 15.0. The maximum Gasteiger partial charge on any atom is 0.268 e. The molecule has 4 atom stereocenters. The van der Waals surface area contributed by atoms with Crippen LogP contribution in [0.25, 0.3) is 17.1 Å². The number of hydrogen-bond acceptors (Lipinski definition) is 12. The zero-order valence-electron chi connectivity index (χ0n) is 21.9. The highest BCUT2D eigenvalue weighted by Crippen LogP contribution is 2.33. The van der Waals surface area contributed by atoms with Crippen molar-refractivity contribution >= 4 is 44.5 Å². The summed E-state index contributed by atoms with van der Waals surface area (Å²) < 4.78 is 35.7. The molecule has 1 aromatic carbocycles. The van der Waals surface area contributed by atoms with Gasteiger partial charge in [-0.25, -0.2) is 22.8 Å². The standard InChI is InChI=1S/C25H27ClN8O7S/c26-14-4-3-7-16(8-14)42(39,40)32-23(38)13-9-28-34(10-13)25-30-21(29-15-5-1-2-6-15)18-22(31-25)33(12-27-18)24-20(37)19(36)17(11-35)41-24/h3-4,7-10,12,15,17,19-20,24,35-37H,1-2,5-6,11H2,(H,32,38)(H,29,30,31)/t17-,19-,20-,24-/m1/s1. The van der Waals surface area contributed by atoms with Gasteiger partial charge in [-0.15, -0.1) is 0 Å². The number of anilines is 1. The van der Waals surface area contributed by atoms with Crippen LogP contribution in [0.15, 0.2) is 47.9 Å². The smallest absolute Gasteiger partial charge is 0.268 e. The van der Waals surface area contributed by atoms with Gasteiger partial charge in [0.25, 0.3) is 21.9 Å². The maximum atomic E-state index is 12.9. The van der Waals surface area contributed by atoms with E-state index in [0.29, 0.717) is 11.3 Å². The molecular weight excluding hydrogens is 592 g/mol. The molecule has 4 aromatic rings. The van der Waals surface area contributed by atoms with Crippen molar-refractivity contribution in [3.8, 4) is 5.95 Å². The van der Waals surface area contributed by atoms with Crippen LogP contribution in [0.4, 0.5) is 5.82 Å². The summed E-state index contributed by atoms with van der Waals surface area (Å²) in [5, 5.41) is 38.2. The van der Waals surface area contributed by atoms with Crippen LogP contribution in [0.5, 0.6) is 0 Å². The minimum Gasteiger partial charge on any atom is -0.394 e. The quantitative estimate of drug-likeness (QED) is 0.185. The summed E-state index contributed by atoms with van der Waals surface area (Å²) in [6.07, 6.45) is 3.03. The maximum absolute atomic E-state index is 12.9. The fourth-order valence-electron chi connectivity index (χ4n) is 5.09. The predicted octanol–water partition coefficient (Wildman–Crippen LogP) is 0.750. The van der Waals surface area contributed by atoms with Crippen LogP contribution < -0.4 is 10.0 Å². The number of nitrogens with zero attached hydrogens (tertiary/aromatic N) is 6. The SMILES string of the molecule is O=C(NS(=O)(=O)c1cccc(Cl)c1)c1cnn(-c2nc(NC3CCCC3)c3ncn([C@@H]4O[C@H](CO)[C@@H](O)[C@H]4O)c3n2)c1. The molecule has 2 aliphatic rings. The summed E-state index contributed by atoms with van der Waals surface area (Å²) in [7, 11) is -4.21. The first-order valence-electron chi connectivity index (χ1n) is 13.2. The third kappa shape index (κ3) is 5.32. The van der Waals surface area contributed by atoms with Crippen LogP contribution in [-0.4, -0.2) is 89.9 Å². The second-order valence-corrected chi connectivity index (χ2v) is 12.2. The van der Waals surface area contributed by atoms with Gasteiger partial charge in [-0.3, -0.25) is 9.36 Å². The molecule has 222 valence electrons. The molecule has 0 spiro atoms. The van der Waals surface area contributed by atoms with Crippen molar-refractivity contribution in [3.05, 3.63) is 53.6 Å². The Morgan fingerprint density at radius 3 is 2.67 bits per heavy atom. The largest absolute Gasteiger partial charge is 0.394 e. The van der Waals surface area contributed by atoms with Crippen molar-refractivity contribution in [3.63, 3.8) is 0 Å². The molecule has 17 heteroatoms. The average Bonchev–Trinajstić information content (AvgIpc) is 3.77. The first kappa shape index (κ1) is 28.4. The second kappa shape index (κ2) is 11.2. The van der Waals surface area contributed by atoms with Crippen molar-refractivity contribution in [2.45, 2.75) is 61.2 Å². The molecule has 42 heavy (non-hydrogen) atoms. The second-order valence-electron chi connectivity index (χ2n) is 10.1. The number of aliphatic hydroxyl groups is 3. The summed E-state index contributed by atoms with van der Waals surface area (Å²) in [5.41, 5.74) is 0.535. The lowest BCUT2D eigenvalue weighted by Crippen LogP contribution is -2.33. The van der Waals surface area contributed by atoms with Crippen molar-refractivity contribution in [2.24, 2.45) is 0 Å². The number of nitrogens with one attached hydrogen (secondary N) is 2. The lowest BCUT2D eigenvalue weighted by molar-refractivity contribution is -0.0511. The molecule has 1 aliphatic carbocycles. The Labute approximate surface area is 244 Å². The van der Waals surface area contributed by atoms with Gasteiger partial charge in [0.05, 0.1) is 29.6 Å². The first-order chi connectivity index (χ1) is 20.1. The molecule has 15 nitrogen and oxygen atoms in total. The van der Waals surface area contributed by atoms with E-state index in [1.807, 2.05) is 4.72 Å². The van der Waals surface area contributed by atoms with E-state index in [1.165, 1.54) is 52.2 Å². The molecule has 3 aromatic heterocycles. The number of aliphatic hydroxyl groups excluding tert-OH is 3. The number of benzene rings is 1. The third-order valence-electron chi connectivity index (χ3n) is 7.28. The van der Waals surface area contributed by atoms with Crippen LogP contribution in [-0.2, 0) is 14.8 Å². The average molecular weight is 619 g/mol. The van der Waals surface area contributed by atoms with Gasteiger partial charge < -0.3 is 25.4 Å². The van der Waals surface area contributed by atoms with Crippen LogP contribution in [0, 0.1) is 0 Å². The van der Waals surface area contributed by atoms with Gasteiger partial charge in [0.2, 0.25) is 0 Å². The van der Waals surface area contributed by atoms with Gasteiger partial charge in [0.1, 0.15) is 18.3 Å². The van der Waals surface area contributed by atoms with Gasteiger partial charge in [-0.1, -0.05) is 30.5 Å². The highest BCUT2D eigenvalue weighted by atomic mass is 35.5. The van der Waals surface area contributed by atoms with Crippen LogP contribution in [0.2, 0.25) is 5.02 Å². The fourth-order valence-corrected chi connectivity index (χ4v) is 6.37. The molecule has 2 fully saturated rings. The number of hydrogen-bond donors (Lipinski definition) is 5. The molecule has 1 aliphatic heterocycles. The summed E-state index contributed by atoms with van der Waals surface area (Å²) >= 11 is 5.90. The van der Waals surface area contributed by atoms with Gasteiger partial charge in [0.15, 0.2) is 23.2 Å². The highest BCUT2D eigenvalue weighted by molar-refractivity contribution is 7.90. The Morgan fingerprint density at radius 2 is 1.95 bits per heavy atom. The van der Waals surface area contributed by atoms with Gasteiger partial charge in [0, 0.05) is 17.3 Å². The zero-order chi connectivity index (χ0) is 29.6. The van der Waals surface area contributed by atoms with Crippen molar-refractivity contribution in [1.82, 2.24) is 34.0 Å². The number of amides is 1. The number of carbonyl (C=O) groups is 1. The minimum atomic E-state index is -4.21. The summed E-state index contributed by atoms with van der Waals surface area (Å²) in [4.78, 5) is 26.2. The highest BCUT2D eigenvalue weighted by Gasteiger charge is 2.44. The Hall–Kier alpha value is -3.67. The molecule has 4 heterocycles. The normalized spacial score (nSPS) is 23.0. The molecular formula is C25H27ClN8O7S. The topological polar surface area (TPSA) is 207 Å². The fraction of sp³-hybridized carbons (Fsp3) is 0.400. The van der Waals surface area contributed by atoms with E-state index in [2.05, 4.69) is 25.4 Å². The van der Waals surface area contributed by atoms with Crippen LogP contribution in [0.3, 0.4) is 0 Å². The van der Waals surface area contributed by atoms with E-state index in [-0.39, 0.29) is 33.1 Å². The Kier molecular flexibility index (Phi) is 7.59. The van der Waals surface area contributed by atoms with Crippen molar-refractivity contribution < 1.29 is 33.3 Å². The third-order valence-corrected chi connectivity index (χ3v) is 8.84. The number of halogens is 1. The molecule has 0 bridgehead atoms. The number of aromatic nitrogens is 6. The zero-order valence-corrected chi connectivity index (χ0v) is 23.5. The number of carbonyl (C=O) groups excluding carboxylic acids is 1. The monoisotopic (exact) mass is 618 g/mol. The summed E-state index contributed by atoms with van der Waals surface area (Å²) in [6, 6.07) is 5.64.